The van der Waals surface area contributed by atoms with Crippen molar-refractivity contribution in [2.45, 2.75) is 33.6 Å². The van der Waals surface area contributed by atoms with Crippen LogP contribution in [0.1, 0.15) is 33.6 Å². The van der Waals surface area contributed by atoms with Crippen LogP contribution in [0.25, 0.3) is 0 Å². The molecule has 0 amide bonds. The van der Waals surface area contributed by atoms with Crippen LogP contribution >= 0.6 is 15.9 Å². The van der Waals surface area contributed by atoms with Crippen LogP contribution < -0.4 is 0 Å². The van der Waals surface area contributed by atoms with E-state index in [1.807, 2.05) is 0 Å². The molecule has 0 fully saturated rings. The van der Waals surface area contributed by atoms with Crippen molar-refractivity contribution in [1.82, 2.24) is 0 Å². The number of hydrogen-bond donors (Lipinski definition) is 0. The maximum Gasteiger partial charge on any atom is 0.0106 e. The predicted octanol–water partition coefficient (Wildman–Crippen LogP) is 4.59. The molecule has 0 N–H and O–H groups in total. The largest absolute Gasteiger partial charge is 0.0847 e. The van der Waals surface area contributed by atoms with Crippen molar-refractivity contribution in [3.05, 3.63) is 34.4 Å². The fourth-order valence-corrected chi connectivity index (χ4v) is 1.50. The lowest BCUT2D eigenvalue weighted by Crippen LogP contribution is -1.86. The Morgan fingerprint density at radius 3 is 2.00 bits per heavy atom. The molecular formula is C11H17Br. The molecule has 0 saturated carbocycles. The Bertz CT molecular complexity index is 209. The van der Waals surface area contributed by atoms with Crippen molar-refractivity contribution in [2.24, 2.45) is 0 Å². The molecule has 68 valence electrons. The third-order valence-electron chi connectivity index (χ3n) is 1.85. The molecule has 1 heteroatoms. The summed E-state index contributed by atoms with van der Waals surface area (Å²) in [6.07, 6.45) is 6.43. The molecule has 0 bridgehead atoms. The summed E-state index contributed by atoms with van der Waals surface area (Å²) in [6.45, 7) is 10.2. The maximum absolute atomic E-state index is 3.81. The zero-order valence-electron chi connectivity index (χ0n) is 8.15. The minimum absolute atomic E-state index is 0.951. The number of allylic oxidation sites excluding steroid dienone is 5. The molecule has 0 aliphatic carbocycles. The third kappa shape index (κ3) is 3.91. The van der Waals surface area contributed by atoms with Crippen LogP contribution in [0.15, 0.2) is 34.4 Å². The molecule has 12 heavy (non-hydrogen) atoms. The van der Waals surface area contributed by atoms with Gasteiger partial charge < -0.3 is 0 Å². The highest BCUT2D eigenvalue weighted by molar-refractivity contribution is 9.11. The summed E-state index contributed by atoms with van der Waals surface area (Å²) in [5.74, 6) is 0. The summed E-state index contributed by atoms with van der Waals surface area (Å²) >= 11 is 3.34. The lowest BCUT2D eigenvalue weighted by atomic mass is 10.0. The normalized spacial score (nSPS) is 13.3. The van der Waals surface area contributed by atoms with E-state index in [1.165, 1.54) is 11.1 Å². The summed E-state index contributed by atoms with van der Waals surface area (Å²) in [5.41, 5.74) is 2.79. The van der Waals surface area contributed by atoms with Crippen LogP contribution in [0.3, 0.4) is 0 Å². The Morgan fingerprint density at radius 2 is 1.75 bits per heavy atom. The Morgan fingerprint density at radius 1 is 1.25 bits per heavy atom. The smallest absolute Gasteiger partial charge is 0.0106 e. The first-order valence-corrected chi connectivity index (χ1v) is 5.15. The molecule has 0 radical (unpaired) electrons. The summed E-state index contributed by atoms with van der Waals surface area (Å²) < 4.78 is 0.951. The summed E-state index contributed by atoms with van der Waals surface area (Å²) in [4.78, 5) is 0. The van der Waals surface area contributed by atoms with Crippen molar-refractivity contribution in [3.63, 3.8) is 0 Å². The van der Waals surface area contributed by atoms with Gasteiger partial charge in [0.1, 0.15) is 0 Å². The van der Waals surface area contributed by atoms with Crippen molar-refractivity contribution in [3.8, 4) is 0 Å². The topological polar surface area (TPSA) is 0 Å². The molecule has 0 aromatic rings. The predicted molar refractivity (Wildman–Crippen MR) is 60.5 cm³/mol. The summed E-state index contributed by atoms with van der Waals surface area (Å²) in [5, 5.41) is 0. The second-order valence-corrected chi connectivity index (χ2v) is 3.66. The van der Waals surface area contributed by atoms with Crippen LogP contribution in [0.4, 0.5) is 0 Å². The molecule has 0 nitrogen and oxygen atoms in total. The zero-order valence-corrected chi connectivity index (χ0v) is 9.74. The van der Waals surface area contributed by atoms with Crippen molar-refractivity contribution in [1.29, 1.82) is 0 Å². The minimum atomic E-state index is 0.951. The van der Waals surface area contributed by atoms with Gasteiger partial charge in [0.2, 0.25) is 0 Å². The number of hydrogen-bond acceptors (Lipinski definition) is 0. The van der Waals surface area contributed by atoms with E-state index in [0.717, 1.165) is 17.3 Å². The molecule has 0 spiro atoms. The van der Waals surface area contributed by atoms with Gasteiger partial charge in [-0.25, -0.2) is 0 Å². The Labute approximate surface area is 84.2 Å². The minimum Gasteiger partial charge on any atom is -0.0847 e. The molecule has 0 atom stereocenters. The highest BCUT2D eigenvalue weighted by Crippen LogP contribution is 2.20. The van der Waals surface area contributed by atoms with Crippen molar-refractivity contribution in [2.75, 3.05) is 0 Å². The molecule has 0 rings (SSSR count). The SMILES string of the molecule is C=C(Br)C=C(CC)C(=CC)CC. The van der Waals surface area contributed by atoms with Gasteiger partial charge in [0, 0.05) is 4.48 Å². The van der Waals surface area contributed by atoms with Crippen LogP contribution in [0.5, 0.6) is 0 Å². The van der Waals surface area contributed by atoms with E-state index in [1.54, 1.807) is 0 Å². The molecule has 0 aromatic carbocycles. The molecule has 0 aromatic heterocycles. The first-order chi connectivity index (χ1) is 5.65. The highest BCUT2D eigenvalue weighted by atomic mass is 79.9. The Hall–Kier alpha value is -0.300. The van der Waals surface area contributed by atoms with E-state index >= 15 is 0 Å². The zero-order chi connectivity index (χ0) is 9.56. The van der Waals surface area contributed by atoms with E-state index in [4.69, 9.17) is 0 Å². The second-order valence-electron chi connectivity index (χ2n) is 2.64. The maximum atomic E-state index is 3.81. The fourth-order valence-electron chi connectivity index (χ4n) is 1.23. The van der Waals surface area contributed by atoms with Gasteiger partial charge in [-0.2, -0.15) is 0 Å². The molecule has 0 aliphatic heterocycles. The molecular weight excluding hydrogens is 212 g/mol. The van der Waals surface area contributed by atoms with Gasteiger partial charge in [0.05, 0.1) is 0 Å². The van der Waals surface area contributed by atoms with Crippen molar-refractivity contribution >= 4 is 15.9 Å². The summed E-state index contributed by atoms with van der Waals surface area (Å²) in [7, 11) is 0. The fraction of sp³-hybridized carbons (Fsp3) is 0.455. The lowest BCUT2D eigenvalue weighted by molar-refractivity contribution is 1.02. The van der Waals surface area contributed by atoms with E-state index < -0.39 is 0 Å². The van der Waals surface area contributed by atoms with Crippen LogP contribution in [0, 0.1) is 0 Å². The van der Waals surface area contributed by atoms with Crippen LogP contribution in [-0.4, -0.2) is 0 Å². The Balaban J connectivity index is 4.65. The van der Waals surface area contributed by atoms with Gasteiger partial charge in [0.15, 0.2) is 0 Å². The quantitative estimate of drug-likeness (QED) is 0.618. The van der Waals surface area contributed by atoms with E-state index in [-0.39, 0.29) is 0 Å². The molecule has 0 aliphatic rings. The van der Waals surface area contributed by atoms with E-state index in [9.17, 15) is 0 Å². The van der Waals surface area contributed by atoms with E-state index in [2.05, 4.69) is 55.4 Å². The van der Waals surface area contributed by atoms with Crippen molar-refractivity contribution < 1.29 is 0 Å². The van der Waals surface area contributed by atoms with Gasteiger partial charge in [-0.3, -0.25) is 0 Å². The number of rotatable bonds is 4. The molecule has 0 unspecified atom stereocenters. The van der Waals surface area contributed by atoms with Gasteiger partial charge in [-0.15, -0.1) is 0 Å². The lowest BCUT2D eigenvalue weighted by Gasteiger charge is -2.06. The third-order valence-corrected chi connectivity index (χ3v) is 2.08. The van der Waals surface area contributed by atoms with Crippen LogP contribution in [0.2, 0.25) is 0 Å². The van der Waals surface area contributed by atoms with Gasteiger partial charge >= 0.3 is 0 Å². The van der Waals surface area contributed by atoms with Gasteiger partial charge in [-0.1, -0.05) is 42.4 Å². The number of halogens is 1. The standard InChI is InChI=1S/C11H17Br/c1-5-10(6-2)11(7-3)8-9(4)12/h5,8H,4,6-7H2,1-3H3. The average Bonchev–Trinajstić information content (AvgIpc) is 2.04. The highest BCUT2D eigenvalue weighted by Gasteiger charge is 1.98. The first kappa shape index (κ1) is 11.7. The van der Waals surface area contributed by atoms with Gasteiger partial charge in [0.25, 0.3) is 0 Å². The second kappa shape index (κ2) is 6.24. The monoisotopic (exact) mass is 228 g/mol. The van der Waals surface area contributed by atoms with Gasteiger partial charge in [-0.05, 0) is 37.0 Å². The Kier molecular flexibility index (Phi) is 6.09. The average molecular weight is 229 g/mol. The summed E-state index contributed by atoms with van der Waals surface area (Å²) in [6, 6.07) is 0. The first-order valence-electron chi connectivity index (χ1n) is 4.36. The molecule has 0 saturated heterocycles. The van der Waals surface area contributed by atoms with E-state index in [0.29, 0.717) is 0 Å². The van der Waals surface area contributed by atoms with Crippen LogP contribution in [-0.2, 0) is 0 Å². The molecule has 0 heterocycles.